The number of benzene rings is 2. The molecule has 8 heteroatoms. The van der Waals surface area contributed by atoms with Gasteiger partial charge in [-0.1, -0.05) is 23.7 Å². The molecule has 7 nitrogen and oxygen atoms in total. The number of rotatable bonds is 3. The molecule has 5 aromatic rings. The number of nitrogens with zero attached hydrogens (tertiary/aromatic N) is 5. The van der Waals surface area contributed by atoms with Crippen molar-refractivity contribution >= 4 is 34.0 Å². The number of nitro groups is 1. The summed E-state index contributed by atoms with van der Waals surface area (Å²) in [6.45, 7) is 0. The van der Waals surface area contributed by atoms with Crippen molar-refractivity contribution in [1.29, 1.82) is 0 Å². The maximum atomic E-state index is 11.0. The first-order chi connectivity index (χ1) is 14.1. The highest BCUT2D eigenvalue weighted by molar-refractivity contribution is 6.30. The first-order valence-electron chi connectivity index (χ1n) is 8.75. The van der Waals surface area contributed by atoms with Crippen LogP contribution in [0.3, 0.4) is 0 Å². The van der Waals surface area contributed by atoms with Gasteiger partial charge in [-0.15, -0.1) is 10.2 Å². The minimum Gasteiger partial charge on any atom is -0.258 e. The Labute approximate surface area is 169 Å². The van der Waals surface area contributed by atoms with Crippen LogP contribution in [-0.4, -0.2) is 24.5 Å². The van der Waals surface area contributed by atoms with E-state index in [1.807, 2.05) is 46.9 Å². The third kappa shape index (κ3) is 2.88. The summed E-state index contributed by atoms with van der Waals surface area (Å²) in [6, 6.07) is 19.6. The Morgan fingerprint density at radius 2 is 1.72 bits per heavy atom. The van der Waals surface area contributed by atoms with Gasteiger partial charge in [-0.3, -0.25) is 14.5 Å². The lowest BCUT2D eigenvalue weighted by Crippen LogP contribution is -1.97. The fourth-order valence-electron chi connectivity index (χ4n) is 3.38. The molecule has 140 valence electrons. The monoisotopic (exact) mass is 401 g/mol. The lowest BCUT2D eigenvalue weighted by molar-refractivity contribution is -0.384. The van der Waals surface area contributed by atoms with Crippen molar-refractivity contribution in [2.45, 2.75) is 0 Å². The molecular formula is C21H12ClN5O2. The molecule has 0 N–H and O–H groups in total. The predicted molar refractivity (Wildman–Crippen MR) is 111 cm³/mol. The Kier molecular flexibility index (Phi) is 3.96. The molecule has 5 rings (SSSR count). The van der Waals surface area contributed by atoms with E-state index < -0.39 is 4.92 Å². The minimum atomic E-state index is -0.431. The van der Waals surface area contributed by atoms with Gasteiger partial charge in [-0.05, 0) is 48.0 Å². The number of hydrogen-bond donors (Lipinski definition) is 0. The number of hydrogen-bond acceptors (Lipinski definition) is 5. The molecule has 29 heavy (non-hydrogen) atoms. The molecule has 3 aromatic heterocycles. The quantitative estimate of drug-likeness (QED) is 0.307. The molecule has 0 saturated carbocycles. The zero-order valence-corrected chi connectivity index (χ0v) is 15.6. The summed E-state index contributed by atoms with van der Waals surface area (Å²) in [5, 5.41) is 21.3. The van der Waals surface area contributed by atoms with Crippen molar-refractivity contribution in [3.8, 4) is 22.5 Å². The molecular weight excluding hydrogens is 390 g/mol. The first-order valence-corrected chi connectivity index (χ1v) is 9.13. The number of nitro benzene ring substituents is 1. The van der Waals surface area contributed by atoms with E-state index in [2.05, 4.69) is 15.2 Å². The Bertz CT molecular complexity index is 1400. The molecule has 0 fully saturated rings. The van der Waals surface area contributed by atoms with Crippen LogP contribution in [-0.2, 0) is 0 Å². The fraction of sp³-hybridized carbons (Fsp3) is 0. The maximum Gasteiger partial charge on any atom is 0.269 e. The van der Waals surface area contributed by atoms with E-state index in [0.29, 0.717) is 27.7 Å². The van der Waals surface area contributed by atoms with Gasteiger partial charge in [0.1, 0.15) is 5.65 Å². The average molecular weight is 402 g/mol. The highest BCUT2D eigenvalue weighted by atomic mass is 35.5. The van der Waals surface area contributed by atoms with Crippen LogP contribution in [0.1, 0.15) is 0 Å². The third-order valence-corrected chi connectivity index (χ3v) is 4.94. The van der Waals surface area contributed by atoms with Crippen molar-refractivity contribution in [3.05, 3.63) is 88.1 Å². The average Bonchev–Trinajstić information content (AvgIpc) is 3.19. The molecule has 0 spiro atoms. The van der Waals surface area contributed by atoms with Gasteiger partial charge in [0, 0.05) is 39.9 Å². The van der Waals surface area contributed by atoms with Crippen LogP contribution < -0.4 is 0 Å². The van der Waals surface area contributed by atoms with E-state index in [-0.39, 0.29) is 5.69 Å². The van der Waals surface area contributed by atoms with E-state index in [4.69, 9.17) is 11.6 Å². The van der Waals surface area contributed by atoms with Gasteiger partial charge in [0.2, 0.25) is 0 Å². The summed E-state index contributed by atoms with van der Waals surface area (Å²) in [4.78, 5) is 15.1. The standard InChI is InChI=1S/C21H12ClN5O2/c22-16-5-1-3-14(11-16)18-12-15-4-2-10-23-19(15)26-20(24-25-21(18)26)13-6-8-17(9-7-13)27(28)29/h1-12H. The van der Waals surface area contributed by atoms with Crippen LogP contribution >= 0.6 is 11.6 Å². The van der Waals surface area contributed by atoms with Crippen LogP contribution in [0.5, 0.6) is 0 Å². The van der Waals surface area contributed by atoms with E-state index in [1.165, 1.54) is 12.1 Å². The van der Waals surface area contributed by atoms with Crippen molar-refractivity contribution < 1.29 is 4.92 Å². The molecule has 0 amide bonds. The van der Waals surface area contributed by atoms with Crippen LogP contribution in [0.15, 0.2) is 72.9 Å². The minimum absolute atomic E-state index is 0.0187. The summed E-state index contributed by atoms with van der Waals surface area (Å²) >= 11 is 6.20. The Morgan fingerprint density at radius 3 is 2.48 bits per heavy atom. The summed E-state index contributed by atoms with van der Waals surface area (Å²) < 4.78 is 1.87. The number of pyridine rings is 2. The van der Waals surface area contributed by atoms with E-state index >= 15 is 0 Å². The highest BCUT2D eigenvalue weighted by Gasteiger charge is 2.17. The topological polar surface area (TPSA) is 86.2 Å². The second-order valence-corrected chi connectivity index (χ2v) is 6.91. The molecule has 0 saturated heterocycles. The third-order valence-electron chi connectivity index (χ3n) is 4.70. The zero-order chi connectivity index (χ0) is 20.0. The molecule has 0 aliphatic rings. The van der Waals surface area contributed by atoms with Crippen LogP contribution in [0.2, 0.25) is 5.02 Å². The first kappa shape index (κ1) is 17.3. The summed E-state index contributed by atoms with van der Waals surface area (Å²) in [7, 11) is 0. The highest BCUT2D eigenvalue weighted by Crippen LogP contribution is 2.32. The summed E-state index contributed by atoms with van der Waals surface area (Å²) in [5.74, 6) is 0.558. The summed E-state index contributed by atoms with van der Waals surface area (Å²) in [5.41, 5.74) is 3.84. The van der Waals surface area contributed by atoms with E-state index in [1.54, 1.807) is 18.3 Å². The number of fused-ring (bicyclic) bond motifs is 3. The molecule has 0 radical (unpaired) electrons. The second kappa shape index (κ2) is 6.65. The smallest absolute Gasteiger partial charge is 0.258 e. The van der Waals surface area contributed by atoms with Crippen molar-refractivity contribution in [2.24, 2.45) is 0 Å². The zero-order valence-electron chi connectivity index (χ0n) is 14.9. The van der Waals surface area contributed by atoms with Gasteiger partial charge >= 0.3 is 0 Å². The van der Waals surface area contributed by atoms with E-state index in [0.717, 1.165) is 16.5 Å². The van der Waals surface area contributed by atoms with Crippen LogP contribution in [0.4, 0.5) is 5.69 Å². The maximum absolute atomic E-state index is 11.0. The van der Waals surface area contributed by atoms with Crippen LogP contribution in [0.25, 0.3) is 39.2 Å². The Morgan fingerprint density at radius 1 is 0.897 bits per heavy atom. The van der Waals surface area contributed by atoms with Crippen molar-refractivity contribution in [2.75, 3.05) is 0 Å². The van der Waals surface area contributed by atoms with Crippen molar-refractivity contribution in [3.63, 3.8) is 0 Å². The van der Waals surface area contributed by atoms with Crippen LogP contribution in [0, 0.1) is 10.1 Å². The van der Waals surface area contributed by atoms with Gasteiger partial charge in [0.05, 0.1) is 4.92 Å². The molecule has 0 unspecified atom stereocenters. The largest absolute Gasteiger partial charge is 0.269 e. The predicted octanol–water partition coefficient (Wildman–Crippen LogP) is 5.17. The molecule has 0 aliphatic carbocycles. The lowest BCUT2D eigenvalue weighted by atomic mass is 10.1. The normalized spacial score (nSPS) is 11.2. The summed E-state index contributed by atoms with van der Waals surface area (Å²) in [6.07, 6.45) is 1.71. The SMILES string of the molecule is O=[N+]([O-])c1ccc(-c2nnc3c(-c4cccc(Cl)c4)cc4cccnc4n23)cc1. The van der Waals surface area contributed by atoms with Crippen molar-refractivity contribution in [1.82, 2.24) is 19.6 Å². The van der Waals surface area contributed by atoms with Gasteiger partial charge in [-0.2, -0.15) is 0 Å². The molecule has 0 aliphatic heterocycles. The number of aromatic nitrogens is 4. The molecule has 3 heterocycles. The molecule has 2 aromatic carbocycles. The second-order valence-electron chi connectivity index (χ2n) is 6.47. The lowest BCUT2D eigenvalue weighted by Gasteiger charge is -2.09. The van der Waals surface area contributed by atoms with Gasteiger partial charge in [0.15, 0.2) is 11.5 Å². The molecule has 0 atom stereocenters. The van der Waals surface area contributed by atoms with Gasteiger partial charge < -0.3 is 0 Å². The Balaban J connectivity index is 1.82. The van der Waals surface area contributed by atoms with E-state index in [9.17, 15) is 10.1 Å². The Hall–Kier alpha value is -3.84. The fourth-order valence-corrected chi connectivity index (χ4v) is 3.57. The number of halogens is 1. The number of non-ortho nitro benzene ring substituents is 1. The van der Waals surface area contributed by atoms with Gasteiger partial charge in [-0.25, -0.2) is 4.98 Å². The van der Waals surface area contributed by atoms with Gasteiger partial charge in [0.25, 0.3) is 5.69 Å². The molecule has 0 bridgehead atoms.